The Balaban J connectivity index is 1.82. The number of carbonyl (C=O) groups excluding carboxylic acids is 4. The first-order valence-electron chi connectivity index (χ1n) is 9.85. The van der Waals surface area contributed by atoms with Gasteiger partial charge in [0.25, 0.3) is 5.91 Å². The molecular weight excluding hydrogens is 390 g/mol. The summed E-state index contributed by atoms with van der Waals surface area (Å²) in [6, 6.07) is 7.97. The number of ketones is 3. The van der Waals surface area contributed by atoms with E-state index in [2.05, 4.69) is 5.32 Å². The van der Waals surface area contributed by atoms with Crippen LogP contribution in [0.3, 0.4) is 0 Å². The van der Waals surface area contributed by atoms with Crippen molar-refractivity contribution in [3.05, 3.63) is 48.0 Å². The van der Waals surface area contributed by atoms with Crippen molar-refractivity contribution < 1.29 is 33.8 Å². The van der Waals surface area contributed by atoms with Crippen LogP contribution in [-0.4, -0.2) is 58.5 Å². The van der Waals surface area contributed by atoms with E-state index in [9.17, 15) is 24.3 Å². The van der Waals surface area contributed by atoms with Crippen LogP contribution >= 0.6 is 0 Å². The van der Waals surface area contributed by atoms with E-state index in [0.717, 1.165) is 7.11 Å². The smallest absolute Gasteiger partial charge is 0.265 e. The summed E-state index contributed by atoms with van der Waals surface area (Å²) in [5, 5.41) is 13.6. The summed E-state index contributed by atoms with van der Waals surface area (Å²) in [7, 11) is 1.15. The largest absolute Gasteiger partial charge is 0.383 e. The van der Waals surface area contributed by atoms with Crippen molar-refractivity contribution in [2.45, 2.75) is 43.3 Å². The number of nitrogens with one attached hydrogen (secondary N) is 1. The number of benzene rings is 1. The van der Waals surface area contributed by atoms with E-state index in [0.29, 0.717) is 6.42 Å². The van der Waals surface area contributed by atoms with Crippen molar-refractivity contribution in [2.75, 3.05) is 7.11 Å². The summed E-state index contributed by atoms with van der Waals surface area (Å²) >= 11 is 0. The lowest BCUT2D eigenvalue weighted by Gasteiger charge is -2.35. The van der Waals surface area contributed by atoms with Gasteiger partial charge in [-0.15, -0.1) is 0 Å². The highest BCUT2D eigenvalue weighted by atomic mass is 16.6. The van der Waals surface area contributed by atoms with Crippen molar-refractivity contribution in [2.24, 2.45) is 11.8 Å². The summed E-state index contributed by atoms with van der Waals surface area (Å²) in [5.41, 5.74) is -6.07. The van der Waals surface area contributed by atoms with E-state index < -0.39 is 58.1 Å². The number of ether oxygens (including phenoxy) is 2. The van der Waals surface area contributed by atoms with Crippen LogP contribution in [0.25, 0.3) is 0 Å². The molecule has 2 fully saturated rings. The second-order valence-corrected chi connectivity index (χ2v) is 7.95. The number of Topliss-reactive ketones (excluding diaryl/α,β-unsaturated/α-hetero) is 2. The molecule has 1 aromatic rings. The van der Waals surface area contributed by atoms with Crippen LogP contribution in [0, 0.1) is 11.8 Å². The van der Waals surface area contributed by atoms with Gasteiger partial charge in [-0.1, -0.05) is 50.3 Å². The van der Waals surface area contributed by atoms with Gasteiger partial charge in [-0.25, -0.2) is 0 Å². The van der Waals surface area contributed by atoms with E-state index in [1.807, 2.05) is 6.92 Å². The average molecular weight is 413 g/mol. The van der Waals surface area contributed by atoms with Crippen LogP contribution in [-0.2, 0) is 23.9 Å². The minimum absolute atomic E-state index is 0.175. The molecule has 2 heterocycles. The van der Waals surface area contributed by atoms with Gasteiger partial charge < -0.3 is 19.9 Å². The van der Waals surface area contributed by atoms with Gasteiger partial charge in [-0.2, -0.15) is 0 Å². The monoisotopic (exact) mass is 413 g/mol. The zero-order chi connectivity index (χ0) is 21.9. The van der Waals surface area contributed by atoms with Gasteiger partial charge in [0.15, 0.2) is 17.7 Å². The minimum Gasteiger partial charge on any atom is -0.383 e. The SMILES string of the molecule is CC[C@@H]1C=CC(=O)[C@@]12O[C@]1(C(=O)N[C@](OC)(C(=O)c3ccccc3)[C@@H]1O)C(=O)[C@@H]2C. The molecule has 0 radical (unpaired) electrons. The van der Waals surface area contributed by atoms with Crippen molar-refractivity contribution in [1.82, 2.24) is 5.32 Å². The van der Waals surface area contributed by atoms with Crippen molar-refractivity contribution >= 4 is 23.3 Å². The zero-order valence-electron chi connectivity index (χ0n) is 16.9. The lowest BCUT2D eigenvalue weighted by molar-refractivity contribution is -0.189. The highest BCUT2D eigenvalue weighted by Gasteiger charge is 2.79. The van der Waals surface area contributed by atoms with Gasteiger partial charge in [0, 0.05) is 18.6 Å². The maximum Gasteiger partial charge on any atom is 0.265 e. The van der Waals surface area contributed by atoms with E-state index in [1.54, 1.807) is 24.3 Å². The van der Waals surface area contributed by atoms with Gasteiger partial charge in [0.1, 0.15) is 5.60 Å². The maximum absolute atomic E-state index is 13.4. The Morgan fingerprint density at radius 3 is 2.50 bits per heavy atom. The molecular formula is C22H23NO7. The lowest BCUT2D eigenvalue weighted by atomic mass is 9.75. The minimum atomic E-state index is -2.42. The molecule has 2 aliphatic heterocycles. The Morgan fingerprint density at radius 1 is 1.23 bits per heavy atom. The fourth-order valence-corrected chi connectivity index (χ4v) is 5.01. The number of methoxy groups -OCH3 is 1. The number of aliphatic hydroxyl groups is 1. The molecule has 2 saturated heterocycles. The van der Waals surface area contributed by atoms with E-state index in [4.69, 9.17) is 9.47 Å². The molecule has 0 bridgehead atoms. The van der Waals surface area contributed by atoms with Gasteiger partial charge in [-0.05, 0) is 12.5 Å². The molecule has 0 saturated carbocycles. The van der Waals surface area contributed by atoms with Crippen LogP contribution < -0.4 is 5.32 Å². The molecule has 1 aromatic carbocycles. The molecule has 2 spiro atoms. The Hall–Kier alpha value is -2.68. The van der Waals surface area contributed by atoms with Crippen LogP contribution in [0.2, 0.25) is 0 Å². The van der Waals surface area contributed by atoms with E-state index in [-0.39, 0.29) is 5.56 Å². The Bertz CT molecular complexity index is 973. The third kappa shape index (κ3) is 2.21. The maximum atomic E-state index is 13.4. The normalized spacial score (nSPS) is 40.0. The molecule has 0 unspecified atom stereocenters. The Morgan fingerprint density at radius 2 is 1.90 bits per heavy atom. The topological polar surface area (TPSA) is 119 Å². The van der Waals surface area contributed by atoms with Gasteiger partial charge in [-0.3, -0.25) is 19.2 Å². The number of aliphatic hydroxyl groups excluding tert-OH is 1. The average Bonchev–Trinajstić information content (AvgIpc) is 3.29. The molecule has 30 heavy (non-hydrogen) atoms. The molecule has 1 amide bonds. The summed E-state index contributed by atoms with van der Waals surface area (Å²) in [6.45, 7) is 3.35. The molecule has 8 nitrogen and oxygen atoms in total. The molecule has 158 valence electrons. The molecule has 2 N–H and O–H groups in total. The number of amides is 1. The Labute approximate surface area is 173 Å². The zero-order valence-corrected chi connectivity index (χ0v) is 16.9. The molecule has 8 heteroatoms. The first-order valence-corrected chi connectivity index (χ1v) is 9.85. The predicted molar refractivity (Wildman–Crippen MR) is 103 cm³/mol. The van der Waals surface area contributed by atoms with Crippen molar-refractivity contribution in [3.8, 4) is 0 Å². The van der Waals surface area contributed by atoms with Crippen LogP contribution in [0.4, 0.5) is 0 Å². The van der Waals surface area contributed by atoms with Crippen molar-refractivity contribution in [3.63, 3.8) is 0 Å². The van der Waals surface area contributed by atoms with Crippen LogP contribution in [0.15, 0.2) is 42.5 Å². The third-order valence-corrected chi connectivity index (χ3v) is 6.69. The molecule has 1 aliphatic carbocycles. The van der Waals surface area contributed by atoms with Gasteiger partial charge in [0.05, 0.1) is 5.92 Å². The van der Waals surface area contributed by atoms with Crippen LogP contribution in [0.1, 0.15) is 30.6 Å². The van der Waals surface area contributed by atoms with Crippen molar-refractivity contribution in [1.29, 1.82) is 0 Å². The number of carbonyl (C=O) groups is 4. The molecule has 3 aliphatic rings. The van der Waals surface area contributed by atoms with E-state index >= 15 is 0 Å². The first kappa shape index (κ1) is 20.6. The highest BCUT2D eigenvalue weighted by molar-refractivity contribution is 6.21. The fourth-order valence-electron chi connectivity index (χ4n) is 5.01. The summed E-state index contributed by atoms with van der Waals surface area (Å²) in [4.78, 5) is 52.5. The Kier molecular flexibility index (Phi) is 4.57. The second kappa shape index (κ2) is 6.66. The van der Waals surface area contributed by atoms with Crippen LogP contribution in [0.5, 0.6) is 0 Å². The molecule has 0 aromatic heterocycles. The molecule has 6 atom stereocenters. The summed E-state index contributed by atoms with van der Waals surface area (Å²) in [6.07, 6.45) is 1.50. The number of hydrogen-bond donors (Lipinski definition) is 2. The second-order valence-electron chi connectivity index (χ2n) is 7.95. The van der Waals surface area contributed by atoms with Gasteiger partial charge in [0.2, 0.25) is 17.1 Å². The lowest BCUT2D eigenvalue weighted by Crippen LogP contribution is -2.61. The highest BCUT2D eigenvalue weighted by Crippen LogP contribution is 2.53. The standard InChI is InChI=1S/C22H23NO7/c1-4-14-10-11-15(24)20(14)12(2)16(25)21(30-20)18(27)22(29-3,23-19(21)28)17(26)13-8-6-5-7-9-13/h5-12,14,18,27H,4H2,1-3H3,(H,23,28)/t12-,14+,18+,20-,21+,22-/m0/s1. The predicted octanol–water partition coefficient (Wildman–Crippen LogP) is 0.581. The first-order chi connectivity index (χ1) is 14.2. The fraction of sp³-hybridized carbons (Fsp3) is 0.455. The number of rotatable bonds is 4. The van der Waals surface area contributed by atoms with E-state index in [1.165, 1.54) is 25.1 Å². The summed E-state index contributed by atoms with van der Waals surface area (Å²) < 4.78 is 11.3. The number of hydrogen-bond acceptors (Lipinski definition) is 7. The third-order valence-electron chi connectivity index (χ3n) is 6.69. The quantitative estimate of drug-likeness (QED) is 0.547. The summed E-state index contributed by atoms with van der Waals surface area (Å²) in [5.74, 6) is -4.34. The van der Waals surface area contributed by atoms with Gasteiger partial charge >= 0.3 is 0 Å². The molecule has 4 rings (SSSR count).